The van der Waals surface area contributed by atoms with Crippen molar-refractivity contribution in [2.75, 3.05) is 44.9 Å². The van der Waals surface area contributed by atoms with Gasteiger partial charge in [-0.3, -0.25) is 0 Å². The summed E-state index contributed by atoms with van der Waals surface area (Å²) in [5.74, 6) is 0.0387. The summed E-state index contributed by atoms with van der Waals surface area (Å²) < 4.78 is 28.8. The molecular weight excluding hydrogens is 345 g/mol. The summed E-state index contributed by atoms with van der Waals surface area (Å²) in [7, 11) is -1.03. The average molecular weight is 363 g/mol. The number of likely N-dealkylation sites (N-methyl/N-ethyl adjacent to an activating group) is 1. The van der Waals surface area contributed by atoms with E-state index in [0.29, 0.717) is 17.7 Å². The molecule has 2 atom stereocenters. The van der Waals surface area contributed by atoms with Gasteiger partial charge in [-0.15, -0.1) is 0 Å². The van der Waals surface area contributed by atoms with Gasteiger partial charge in [0.1, 0.15) is 31.0 Å². The van der Waals surface area contributed by atoms with E-state index in [9.17, 15) is 13.5 Å². The number of nitrogens with zero attached hydrogens (tertiary/aromatic N) is 1. The van der Waals surface area contributed by atoms with E-state index in [4.69, 9.17) is 4.74 Å². The average Bonchev–Trinajstić information content (AvgIpc) is 2.42. The molecule has 2 fully saturated rings. The van der Waals surface area contributed by atoms with Crippen LogP contribution in [0.4, 0.5) is 0 Å². The van der Waals surface area contributed by atoms with Crippen LogP contribution in [0.5, 0.6) is 0 Å². The van der Waals surface area contributed by atoms with Gasteiger partial charge in [0, 0.05) is 0 Å². The zero-order valence-corrected chi connectivity index (χ0v) is 12.3. The quantitative estimate of drug-likeness (QED) is 0.378. The van der Waals surface area contributed by atoms with Gasteiger partial charge in [0.15, 0.2) is 9.84 Å². The van der Waals surface area contributed by atoms with E-state index in [1.165, 1.54) is 0 Å². The van der Waals surface area contributed by atoms with E-state index in [1.54, 1.807) is 0 Å². The summed E-state index contributed by atoms with van der Waals surface area (Å²) >= 11 is 0. The predicted octanol–water partition coefficient (Wildman–Crippen LogP) is -4.37. The number of halogens is 1. The Morgan fingerprint density at radius 2 is 1.81 bits per heavy atom. The molecular formula is C9H18INO4S. The molecule has 2 unspecified atom stereocenters. The first-order valence-corrected chi connectivity index (χ1v) is 7.06. The highest BCUT2D eigenvalue weighted by molar-refractivity contribution is 7.91. The van der Waals surface area contributed by atoms with Crippen LogP contribution in [0.25, 0.3) is 0 Å². The Balaban J connectivity index is 0.00000128. The van der Waals surface area contributed by atoms with Gasteiger partial charge in [-0.2, -0.15) is 0 Å². The first-order valence-electron chi connectivity index (χ1n) is 5.23. The number of hydrogen-bond acceptors (Lipinski definition) is 4. The number of sulfone groups is 1. The smallest absolute Gasteiger partial charge is 0.159 e. The molecule has 96 valence electrons. The van der Waals surface area contributed by atoms with Crippen LogP contribution in [0.2, 0.25) is 0 Å². The molecule has 0 amide bonds. The summed E-state index contributed by atoms with van der Waals surface area (Å²) in [6.07, 6.45) is -0.710. The second-order valence-corrected chi connectivity index (χ2v) is 6.90. The molecule has 2 aliphatic heterocycles. The largest absolute Gasteiger partial charge is 1.00 e. The maximum atomic E-state index is 11.4. The summed E-state index contributed by atoms with van der Waals surface area (Å²) in [6.45, 7) is 2.88. The normalized spacial score (nSPS) is 36.6. The summed E-state index contributed by atoms with van der Waals surface area (Å²) in [4.78, 5) is 0. The van der Waals surface area contributed by atoms with Crippen LogP contribution in [0.3, 0.4) is 0 Å². The lowest BCUT2D eigenvalue weighted by Crippen LogP contribution is -3.00. The number of quaternary nitrogens is 1. The molecule has 0 radical (unpaired) electrons. The number of morpholine rings is 1. The maximum Gasteiger partial charge on any atom is 0.159 e. The first-order chi connectivity index (χ1) is 6.93. The molecule has 0 aliphatic carbocycles. The molecule has 0 spiro atoms. The van der Waals surface area contributed by atoms with Crippen molar-refractivity contribution >= 4 is 9.84 Å². The van der Waals surface area contributed by atoms with Crippen molar-refractivity contribution in [3.8, 4) is 0 Å². The van der Waals surface area contributed by atoms with Gasteiger partial charge in [-0.25, -0.2) is 8.42 Å². The summed E-state index contributed by atoms with van der Waals surface area (Å²) in [6, 6.07) is -0.168. The molecule has 0 aromatic rings. The Labute approximate surface area is 113 Å². The fourth-order valence-corrected chi connectivity index (χ4v) is 4.48. The fraction of sp³-hybridized carbons (Fsp3) is 1.00. The standard InChI is InChI=1S/C9H18NO4S.HI/c1-10(2-4-14-5-3-10)8-6-15(12,13)7-9(8)11;/h8-9,11H,2-7H2,1H3;1H/q+1;/p-1. The summed E-state index contributed by atoms with van der Waals surface area (Å²) in [5, 5.41) is 9.81. The number of aliphatic hydroxyl groups excluding tert-OH is 1. The predicted molar refractivity (Wildman–Crippen MR) is 55.2 cm³/mol. The number of rotatable bonds is 1. The maximum absolute atomic E-state index is 11.4. The van der Waals surface area contributed by atoms with Crippen molar-refractivity contribution in [2.24, 2.45) is 0 Å². The van der Waals surface area contributed by atoms with Crippen molar-refractivity contribution < 1.29 is 46.7 Å². The Bertz CT molecular complexity index is 339. The molecule has 0 aromatic carbocycles. The molecule has 2 aliphatic rings. The van der Waals surface area contributed by atoms with Gasteiger partial charge in [0.25, 0.3) is 0 Å². The molecule has 2 heterocycles. The van der Waals surface area contributed by atoms with Crippen molar-refractivity contribution in [1.82, 2.24) is 0 Å². The minimum Gasteiger partial charge on any atom is -1.00 e. The molecule has 1 N–H and O–H groups in total. The molecule has 2 saturated heterocycles. The third kappa shape index (κ3) is 2.87. The zero-order valence-electron chi connectivity index (χ0n) is 9.30. The molecule has 2 rings (SSSR count). The van der Waals surface area contributed by atoms with Crippen LogP contribution < -0.4 is 24.0 Å². The highest BCUT2D eigenvalue weighted by atomic mass is 127. The van der Waals surface area contributed by atoms with Crippen LogP contribution in [0, 0.1) is 0 Å². The first kappa shape index (κ1) is 14.6. The topological polar surface area (TPSA) is 63.6 Å². The molecule has 16 heavy (non-hydrogen) atoms. The second kappa shape index (κ2) is 5.05. The van der Waals surface area contributed by atoms with Gasteiger partial charge in [-0.1, -0.05) is 0 Å². The lowest BCUT2D eigenvalue weighted by Gasteiger charge is -2.43. The van der Waals surface area contributed by atoms with Gasteiger partial charge in [0.05, 0.1) is 26.0 Å². The van der Waals surface area contributed by atoms with Crippen LogP contribution in [0.15, 0.2) is 0 Å². The lowest BCUT2D eigenvalue weighted by molar-refractivity contribution is -0.940. The highest BCUT2D eigenvalue weighted by Gasteiger charge is 2.48. The zero-order chi connectivity index (χ0) is 11.1. The molecule has 0 bridgehead atoms. The van der Waals surface area contributed by atoms with Crippen LogP contribution in [0.1, 0.15) is 0 Å². The van der Waals surface area contributed by atoms with Crippen LogP contribution >= 0.6 is 0 Å². The molecule has 0 saturated carbocycles. The third-order valence-electron chi connectivity index (χ3n) is 3.59. The lowest BCUT2D eigenvalue weighted by atomic mass is 10.1. The van der Waals surface area contributed by atoms with Gasteiger partial charge >= 0.3 is 0 Å². The molecule has 5 nitrogen and oxygen atoms in total. The highest BCUT2D eigenvalue weighted by Crippen LogP contribution is 2.24. The van der Waals surface area contributed by atoms with E-state index in [2.05, 4.69) is 0 Å². The SMILES string of the molecule is C[N+]1(C2CS(=O)(=O)CC2O)CCOCC1.[I-]. The summed E-state index contributed by atoms with van der Waals surface area (Å²) in [5.41, 5.74) is 0. The van der Waals surface area contributed by atoms with Crippen molar-refractivity contribution in [1.29, 1.82) is 0 Å². The van der Waals surface area contributed by atoms with Gasteiger partial charge in [-0.05, 0) is 0 Å². The number of hydrogen-bond donors (Lipinski definition) is 1. The molecule has 7 heteroatoms. The van der Waals surface area contributed by atoms with Gasteiger partial charge in [0.2, 0.25) is 0 Å². The second-order valence-electron chi connectivity index (χ2n) is 4.75. The van der Waals surface area contributed by atoms with Crippen LogP contribution in [-0.4, -0.2) is 75.0 Å². The number of aliphatic hydroxyl groups is 1. The Kier molecular flexibility index (Phi) is 4.61. The Morgan fingerprint density at radius 3 is 2.25 bits per heavy atom. The van der Waals surface area contributed by atoms with Crippen molar-refractivity contribution in [3.63, 3.8) is 0 Å². The Hall–Kier alpha value is 0.560. The van der Waals surface area contributed by atoms with Crippen LogP contribution in [-0.2, 0) is 14.6 Å². The fourth-order valence-electron chi connectivity index (χ4n) is 2.50. The minimum absolute atomic E-state index is 0. The van der Waals surface area contributed by atoms with E-state index in [0.717, 1.165) is 13.1 Å². The van der Waals surface area contributed by atoms with E-state index >= 15 is 0 Å². The van der Waals surface area contributed by atoms with Crippen molar-refractivity contribution in [3.05, 3.63) is 0 Å². The van der Waals surface area contributed by atoms with E-state index in [-0.39, 0.29) is 41.5 Å². The Morgan fingerprint density at radius 1 is 1.25 bits per heavy atom. The van der Waals surface area contributed by atoms with E-state index < -0.39 is 15.9 Å². The minimum atomic E-state index is -3.04. The van der Waals surface area contributed by atoms with E-state index in [1.807, 2.05) is 7.05 Å². The van der Waals surface area contributed by atoms with Gasteiger partial charge < -0.3 is 38.3 Å². The van der Waals surface area contributed by atoms with Crippen molar-refractivity contribution in [2.45, 2.75) is 12.1 Å². The number of ether oxygens (including phenoxy) is 1. The monoisotopic (exact) mass is 363 g/mol. The molecule has 0 aromatic heterocycles. The third-order valence-corrected chi connectivity index (χ3v) is 5.29.